The molecule has 0 unspecified atom stereocenters. The minimum Gasteiger partial charge on any atom is -0.494 e. The van der Waals surface area contributed by atoms with E-state index in [0.29, 0.717) is 32.4 Å². The Bertz CT molecular complexity index is 585. The van der Waals surface area contributed by atoms with E-state index >= 15 is 0 Å². The molecule has 7 heteroatoms. The number of anilines is 1. The third-order valence-electron chi connectivity index (χ3n) is 3.53. The summed E-state index contributed by atoms with van der Waals surface area (Å²) < 4.78 is 5.68. The fourth-order valence-corrected chi connectivity index (χ4v) is 2.29. The second kappa shape index (κ2) is 8.89. The number of aryl methyl sites for hydroxylation is 1. The highest BCUT2D eigenvalue weighted by Crippen LogP contribution is 2.26. The maximum atomic E-state index is 11.7. The highest BCUT2D eigenvalue weighted by atomic mass is 35.5. The molecule has 1 aliphatic rings. The maximum absolute atomic E-state index is 11.7. The zero-order chi connectivity index (χ0) is 16.9. The summed E-state index contributed by atoms with van der Waals surface area (Å²) in [5.74, 6) is 0.807. The topological polar surface area (TPSA) is 93.4 Å². The molecule has 134 valence electrons. The van der Waals surface area contributed by atoms with E-state index in [0.717, 1.165) is 23.4 Å². The zero-order valence-corrected chi connectivity index (χ0v) is 15.0. The van der Waals surface area contributed by atoms with Crippen LogP contribution in [0.1, 0.15) is 38.7 Å². The van der Waals surface area contributed by atoms with Gasteiger partial charge in [0.05, 0.1) is 6.61 Å². The number of fused-ring (bicyclic) bond motifs is 1. The Balaban J connectivity index is 0.00000288. The first-order chi connectivity index (χ1) is 10.8. The van der Waals surface area contributed by atoms with Crippen LogP contribution in [0.2, 0.25) is 0 Å². The Morgan fingerprint density at radius 2 is 2.12 bits per heavy atom. The van der Waals surface area contributed by atoms with Gasteiger partial charge in [-0.2, -0.15) is 0 Å². The van der Waals surface area contributed by atoms with E-state index < -0.39 is 5.54 Å². The summed E-state index contributed by atoms with van der Waals surface area (Å²) in [5.41, 5.74) is 7.36. The van der Waals surface area contributed by atoms with Crippen LogP contribution < -0.4 is 21.1 Å². The summed E-state index contributed by atoms with van der Waals surface area (Å²) in [4.78, 5) is 23.0. The van der Waals surface area contributed by atoms with Gasteiger partial charge in [0, 0.05) is 30.6 Å². The van der Waals surface area contributed by atoms with Crippen LogP contribution in [0.3, 0.4) is 0 Å². The standard InChI is InChI=1S/C17H25N3O3.ClH/c1-17(2,18)11-19-15(21)4-3-9-23-13-6-7-14-12(10-13)5-8-16(22)20-14;/h6-7,10H,3-5,8-9,11,18H2,1-2H3,(H,19,21)(H,20,22);1H. The van der Waals surface area contributed by atoms with Crippen molar-refractivity contribution in [1.29, 1.82) is 0 Å². The van der Waals surface area contributed by atoms with Gasteiger partial charge in [0.2, 0.25) is 11.8 Å². The third-order valence-corrected chi connectivity index (χ3v) is 3.53. The summed E-state index contributed by atoms with van der Waals surface area (Å²) in [7, 11) is 0. The van der Waals surface area contributed by atoms with E-state index in [1.165, 1.54) is 0 Å². The van der Waals surface area contributed by atoms with Crippen molar-refractivity contribution in [3.05, 3.63) is 23.8 Å². The SMILES string of the molecule is CC(C)(N)CNC(=O)CCCOc1ccc2c(c1)CCC(=O)N2.Cl. The second-order valence-electron chi connectivity index (χ2n) is 6.58. The highest BCUT2D eigenvalue weighted by Gasteiger charge is 2.15. The van der Waals surface area contributed by atoms with Crippen molar-refractivity contribution in [2.45, 2.75) is 45.1 Å². The number of halogens is 1. The number of nitrogens with two attached hydrogens (primary N) is 1. The van der Waals surface area contributed by atoms with Crippen molar-refractivity contribution in [2.75, 3.05) is 18.5 Å². The number of rotatable bonds is 7. The van der Waals surface area contributed by atoms with E-state index in [2.05, 4.69) is 10.6 Å². The fourth-order valence-electron chi connectivity index (χ4n) is 2.29. The summed E-state index contributed by atoms with van der Waals surface area (Å²) in [5, 5.41) is 5.64. The molecule has 0 atom stereocenters. The lowest BCUT2D eigenvalue weighted by Crippen LogP contribution is -2.45. The van der Waals surface area contributed by atoms with Crippen molar-refractivity contribution in [3.8, 4) is 5.75 Å². The van der Waals surface area contributed by atoms with Gasteiger partial charge in [0.1, 0.15) is 5.75 Å². The molecule has 0 aliphatic carbocycles. The van der Waals surface area contributed by atoms with E-state index in [-0.39, 0.29) is 24.2 Å². The largest absolute Gasteiger partial charge is 0.494 e. The highest BCUT2D eigenvalue weighted by molar-refractivity contribution is 5.94. The minimum absolute atomic E-state index is 0. The summed E-state index contributed by atoms with van der Waals surface area (Å²) in [6.07, 6.45) is 2.30. The molecule has 24 heavy (non-hydrogen) atoms. The van der Waals surface area contributed by atoms with Crippen LogP contribution in [0.25, 0.3) is 0 Å². The first-order valence-electron chi connectivity index (χ1n) is 7.95. The summed E-state index contributed by atoms with van der Waals surface area (Å²) in [6.45, 7) is 4.68. The number of carbonyl (C=O) groups is 2. The average Bonchev–Trinajstić information content (AvgIpc) is 2.49. The Kier molecular flexibility index (Phi) is 7.51. The van der Waals surface area contributed by atoms with Gasteiger partial charge in [-0.1, -0.05) is 0 Å². The number of hydrogen-bond donors (Lipinski definition) is 3. The van der Waals surface area contributed by atoms with Crippen molar-refractivity contribution in [3.63, 3.8) is 0 Å². The molecule has 2 amide bonds. The van der Waals surface area contributed by atoms with Crippen LogP contribution in [0, 0.1) is 0 Å². The maximum Gasteiger partial charge on any atom is 0.224 e. The predicted molar refractivity (Wildman–Crippen MR) is 96.6 cm³/mol. The first kappa shape index (κ1) is 20.3. The Morgan fingerprint density at radius 3 is 2.83 bits per heavy atom. The van der Waals surface area contributed by atoms with Crippen LogP contribution >= 0.6 is 12.4 Å². The molecule has 0 saturated carbocycles. The van der Waals surface area contributed by atoms with Crippen LogP contribution in [0.5, 0.6) is 5.75 Å². The lowest BCUT2D eigenvalue weighted by molar-refractivity contribution is -0.121. The molecule has 0 bridgehead atoms. The van der Waals surface area contributed by atoms with Crippen molar-refractivity contribution >= 4 is 29.9 Å². The van der Waals surface area contributed by atoms with Gasteiger partial charge in [-0.25, -0.2) is 0 Å². The molecular formula is C17H26ClN3O3. The third kappa shape index (κ3) is 6.76. The van der Waals surface area contributed by atoms with Crippen molar-refractivity contribution in [2.24, 2.45) is 5.73 Å². The number of carbonyl (C=O) groups excluding carboxylic acids is 2. The predicted octanol–water partition coefficient (Wildman–Crippen LogP) is 2.01. The lowest BCUT2D eigenvalue weighted by atomic mass is 10.0. The normalized spacial score (nSPS) is 13.4. The smallest absolute Gasteiger partial charge is 0.224 e. The quantitative estimate of drug-likeness (QED) is 0.652. The van der Waals surface area contributed by atoms with Crippen LogP contribution in [-0.2, 0) is 16.0 Å². The average molecular weight is 356 g/mol. The monoisotopic (exact) mass is 355 g/mol. The molecule has 1 heterocycles. The zero-order valence-electron chi connectivity index (χ0n) is 14.2. The van der Waals surface area contributed by atoms with Gasteiger partial charge < -0.3 is 21.1 Å². The van der Waals surface area contributed by atoms with Gasteiger partial charge >= 0.3 is 0 Å². The van der Waals surface area contributed by atoms with Gasteiger partial charge in [-0.15, -0.1) is 12.4 Å². The Labute approximate surface area is 148 Å². The van der Waals surface area contributed by atoms with Gasteiger partial charge in [0.25, 0.3) is 0 Å². The molecule has 0 fully saturated rings. The molecule has 6 nitrogen and oxygen atoms in total. The number of nitrogens with one attached hydrogen (secondary N) is 2. The molecule has 0 aromatic heterocycles. The van der Waals surface area contributed by atoms with E-state index in [4.69, 9.17) is 10.5 Å². The molecule has 0 spiro atoms. The molecule has 0 radical (unpaired) electrons. The molecule has 4 N–H and O–H groups in total. The molecule has 1 aromatic rings. The Morgan fingerprint density at radius 1 is 1.38 bits per heavy atom. The number of benzene rings is 1. The summed E-state index contributed by atoms with van der Waals surface area (Å²) >= 11 is 0. The number of amides is 2. The van der Waals surface area contributed by atoms with Gasteiger partial charge in [0.15, 0.2) is 0 Å². The van der Waals surface area contributed by atoms with E-state index in [9.17, 15) is 9.59 Å². The molecule has 1 aliphatic heterocycles. The second-order valence-corrected chi connectivity index (χ2v) is 6.58. The molecular weight excluding hydrogens is 330 g/mol. The minimum atomic E-state index is -0.398. The Hall–Kier alpha value is -1.79. The van der Waals surface area contributed by atoms with Crippen LogP contribution in [0.4, 0.5) is 5.69 Å². The van der Waals surface area contributed by atoms with Crippen LogP contribution in [0.15, 0.2) is 18.2 Å². The molecule has 0 saturated heterocycles. The fraction of sp³-hybridized carbons (Fsp3) is 0.529. The first-order valence-corrected chi connectivity index (χ1v) is 7.95. The molecule has 2 rings (SSSR count). The molecule has 1 aromatic carbocycles. The summed E-state index contributed by atoms with van der Waals surface area (Å²) in [6, 6.07) is 5.64. The number of ether oxygens (including phenoxy) is 1. The van der Waals surface area contributed by atoms with Crippen molar-refractivity contribution < 1.29 is 14.3 Å². The van der Waals surface area contributed by atoms with Crippen molar-refractivity contribution in [1.82, 2.24) is 5.32 Å². The van der Waals surface area contributed by atoms with Gasteiger partial charge in [-0.3, -0.25) is 9.59 Å². The van der Waals surface area contributed by atoms with Crippen LogP contribution in [-0.4, -0.2) is 30.5 Å². The van der Waals surface area contributed by atoms with E-state index in [1.807, 2.05) is 32.0 Å². The lowest BCUT2D eigenvalue weighted by Gasteiger charge is -2.19. The van der Waals surface area contributed by atoms with Gasteiger partial charge in [-0.05, 0) is 50.5 Å². The van der Waals surface area contributed by atoms with E-state index in [1.54, 1.807) is 0 Å². The number of hydrogen-bond acceptors (Lipinski definition) is 4.